The zero-order chi connectivity index (χ0) is 15.0. The summed E-state index contributed by atoms with van der Waals surface area (Å²) in [6.45, 7) is 1.12. The van der Waals surface area contributed by atoms with Gasteiger partial charge in [0.25, 0.3) is 0 Å². The fraction of sp³-hybridized carbons (Fsp3) is 0.692. The van der Waals surface area contributed by atoms with Crippen LogP contribution in [0.5, 0.6) is 0 Å². The van der Waals surface area contributed by atoms with Gasteiger partial charge in [-0.2, -0.15) is 0 Å². The van der Waals surface area contributed by atoms with Crippen LogP contribution in [-0.4, -0.2) is 38.7 Å². The molecule has 2 atom stereocenters. The monoisotopic (exact) mass is 293 g/mol. The molecule has 2 heterocycles. The van der Waals surface area contributed by atoms with Gasteiger partial charge in [-0.3, -0.25) is 10.1 Å². The van der Waals surface area contributed by atoms with Crippen molar-refractivity contribution in [2.24, 2.45) is 5.92 Å². The molecule has 1 saturated carbocycles. The molecular formula is C13H19N5O3. The van der Waals surface area contributed by atoms with E-state index in [1.54, 1.807) is 0 Å². The number of nitrogens with zero attached hydrogens (tertiary/aromatic N) is 4. The fourth-order valence-electron chi connectivity index (χ4n) is 3.55. The molecule has 21 heavy (non-hydrogen) atoms. The summed E-state index contributed by atoms with van der Waals surface area (Å²) in [5, 5.41) is 21.9. The third-order valence-electron chi connectivity index (χ3n) is 4.74. The highest BCUT2D eigenvalue weighted by atomic mass is 16.6. The van der Waals surface area contributed by atoms with Crippen molar-refractivity contribution in [1.29, 1.82) is 0 Å². The van der Waals surface area contributed by atoms with Crippen molar-refractivity contribution in [2.45, 2.75) is 37.7 Å². The number of hydrogen-bond donors (Lipinski definition) is 2. The second kappa shape index (κ2) is 5.10. The highest BCUT2D eigenvalue weighted by molar-refractivity contribution is 5.68. The molecule has 8 heteroatoms. The van der Waals surface area contributed by atoms with Gasteiger partial charge in [-0.15, -0.1) is 0 Å². The third kappa shape index (κ3) is 2.39. The standard InChI is InChI=1S/C13H19N5O3/c14-11-10(18(20)21)12(16-8-15-11)17-6-5-13(19)4-2-1-3-9(13)7-17/h8-9,19H,1-7H2,(H2,14,15,16). The average Bonchev–Trinajstić information content (AvgIpc) is 2.45. The highest BCUT2D eigenvalue weighted by Crippen LogP contribution is 2.42. The van der Waals surface area contributed by atoms with Crippen LogP contribution in [0.1, 0.15) is 32.1 Å². The molecule has 1 aromatic heterocycles. The Hall–Kier alpha value is -1.96. The lowest BCUT2D eigenvalue weighted by atomic mass is 9.71. The number of rotatable bonds is 2. The van der Waals surface area contributed by atoms with Crippen molar-refractivity contribution in [1.82, 2.24) is 9.97 Å². The van der Waals surface area contributed by atoms with Crippen molar-refractivity contribution in [3.8, 4) is 0 Å². The maximum atomic E-state index is 11.2. The molecule has 2 unspecified atom stereocenters. The van der Waals surface area contributed by atoms with E-state index < -0.39 is 10.5 Å². The van der Waals surface area contributed by atoms with E-state index in [1.807, 2.05) is 4.90 Å². The van der Waals surface area contributed by atoms with Crippen molar-refractivity contribution < 1.29 is 10.0 Å². The minimum absolute atomic E-state index is 0.116. The molecule has 0 aromatic carbocycles. The normalized spacial score (nSPS) is 29.0. The molecule has 8 nitrogen and oxygen atoms in total. The van der Waals surface area contributed by atoms with Gasteiger partial charge in [0.1, 0.15) is 6.33 Å². The predicted octanol–water partition coefficient (Wildman–Crippen LogP) is 1.10. The van der Waals surface area contributed by atoms with Gasteiger partial charge in [0.15, 0.2) is 0 Å². The Morgan fingerprint density at radius 1 is 1.43 bits per heavy atom. The molecule has 0 amide bonds. The van der Waals surface area contributed by atoms with Gasteiger partial charge >= 0.3 is 5.69 Å². The second-order valence-electron chi connectivity index (χ2n) is 5.93. The van der Waals surface area contributed by atoms with Crippen molar-refractivity contribution >= 4 is 17.3 Å². The van der Waals surface area contributed by atoms with E-state index in [1.165, 1.54) is 6.33 Å². The Bertz CT molecular complexity index is 567. The first-order chi connectivity index (χ1) is 10.0. The van der Waals surface area contributed by atoms with Gasteiger partial charge < -0.3 is 15.7 Å². The number of aromatic nitrogens is 2. The van der Waals surface area contributed by atoms with Gasteiger partial charge in [0.2, 0.25) is 11.6 Å². The smallest absolute Gasteiger partial charge is 0.353 e. The Morgan fingerprint density at radius 2 is 2.24 bits per heavy atom. The number of nitrogen functional groups attached to an aromatic ring is 1. The first-order valence-corrected chi connectivity index (χ1v) is 7.23. The molecular weight excluding hydrogens is 274 g/mol. The van der Waals surface area contributed by atoms with Gasteiger partial charge in [-0.25, -0.2) is 9.97 Å². The average molecular weight is 293 g/mol. The maximum Gasteiger partial charge on any atom is 0.353 e. The Kier molecular flexibility index (Phi) is 3.40. The third-order valence-corrected chi connectivity index (χ3v) is 4.74. The van der Waals surface area contributed by atoms with Crippen molar-refractivity contribution in [2.75, 3.05) is 23.7 Å². The summed E-state index contributed by atoms with van der Waals surface area (Å²) in [5.41, 5.74) is 4.76. The quantitative estimate of drug-likeness (QED) is 0.619. The van der Waals surface area contributed by atoms with Crippen LogP contribution in [0.25, 0.3) is 0 Å². The van der Waals surface area contributed by atoms with E-state index in [9.17, 15) is 15.2 Å². The van der Waals surface area contributed by atoms with Crippen molar-refractivity contribution in [3.63, 3.8) is 0 Å². The lowest BCUT2D eigenvalue weighted by Gasteiger charge is -2.47. The fourth-order valence-corrected chi connectivity index (χ4v) is 3.55. The van der Waals surface area contributed by atoms with E-state index in [4.69, 9.17) is 5.73 Å². The molecule has 0 radical (unpaired) electrons. The number of piperidine rings is 1. The summed E-state index contributed by atoms with van der Waals surface area (Å²) in [6, 6.07) is 0. The molecule has 1 saturated heterocycles. The lowest BCUT2D eigenvalue weighted by molar-refractivity contribution is -0.383. The molecule has 114 valence electrons. The van der Waals surface area contributed by atoms with Crippen LogP contribution in [0.15, 0.2) is 6.33 Å². The highest BCUT2D eigenvalue weighted by Gasteiger charge is 2.44. The maximum absolute atomic E-state index is 11.2. The van der Waals surface area contributed by atoms with Crippen LogP contribution in [0.3, 0.4) is 0 Å². The molecule has 0 spiro atoms. The van der Waals surface area contributed by atoms with Gasteiger partial charge in [-0.05, 0) is 19.3 Å². The second-order valence-corrected chi connectivity index (χ2v) is 5.93. The minimum Gasteiger partial charge on any atom is -0.389 e. The van der Waals surface area contributed by atoms with E-state index in [0.29, 0.717) is 19.5 Å². The molecule has 2 aliphatic rings. The van der Waals surface area contributed by atoms with Gasteiger partial charge in [0.05, 0.1) is 10.5 Å². The Balaban J connectivity index is 1.89. The van der Waals surface area contributed by atoms with Crippen LogP contribution < -0.4 is 10.6 Å². The molecule has 3 N–H and O–H groups in total. The number of fused-ring (bicyclic) bond motifs is 1. The summed E-state index contributed by atoms with van der Waals surface area (Å²) in [5.74, 6) is 0.283. The van der Waals surface area contributed by atoms with E-state index >= 15 is 0 Å². The Morgan fingerprint density at radius 3 is 3.00 bits per heavy atom. The van der Waals surface area contributed by atoms with E-state index in [0.717, 1.165) is 25.7 Å². The van der Waals surface area contributed by atoms with Gasteiger partial charge in [0, 0.05) is 19.0 Å². The van der Waals surface area contributed by atoms with E-state index in [2.05, 4.69) is 9.97 Å². The van der Waals surface area contributed by atoms with Crippen LogP contribution in [0.4, 0.5) is 17.3 Å². The number of aliphatic hydroxyl groups is 1. The van der Waals surface area contributed by atoms with Crippen molar-refractivity contribution in [3.05, 3.63) is 16.4 Å². The molecule has 0 bridgehead atoms. The molecule has 3 rings (SSSR count). The SMILES string of the molecule is Nc1ncnc(N2CCC3(O)CCCCC3C2)c1[N+](=O)[O-]. The summed E-state index contributed by atoms with van der Waals surface area (Å²) in [7, 11) is 0. The summed E-state index contributed by atoms with van der Waals surface area (Å²) < 4.78 is 0. The topological polar surface area (TPSA) is 118 Å². The molecule has 1 aromatic rings. The number of hydrogen-bond acceptors (Lipinski definition) is 7. The lowest BCUT2D eigenvalue weighted by Crippen LogP contribution is -2.53. The first-order valence-electron chi connectivity index (χ1n) is 7.23. The largest absolute Gasteiger partial charge is 0.389 e. The predicted molar refractivity (Wildman–Crippen MR) is 76.8 cm³/mol. The zero-order valence-electron chi connectivity index (χ0n) is 11.7. The zero-order valence-corrected chi connectivity index (χ0v) is 11.7. The number of nitro groups is 1. The summed E-state index contributed by atoms with van der Waals surface area (Å²) in [6.07, 6.45) is 5.77. The van der Waals surface area contributed by atoms with E-state index in [-0.39, 0.29) is 23.2 Å². The van der Waals surface area contributed by atoms with Gasteiger partial charge in [-0.1, -0.05) is 12.8 Å². The number of nitrogens with two attached hydrogens (primary N) is 1. The minimum atomic E-state index is -0.623. The first kappa shape index (κ1) is 14.0. The molecule has 1 aliphatic carbocycles. The summed E-state index contributed by atoms with van der Waals surface area (Å²) in [4.78, 5) is 20.3. The van der Waals surface area contributed by atoms with Crippen LogP contribution in [0, 0.1) is 16.0 Å². The molecule has 1 aliphatic heterocycles. The van der Waals surface area contributed by atoms with Crippen LogP contribution >= 0.6 is 0 Å². The van der Waals surface area contributed by atoms with Crippen LogP contribution in [-0.2, 0) is 0 Å². The molecule has 2 fully saturated rings. The number of anilines is 2. The summed E-state index contributed by atoms with van der Waals surface area (Å²) >= 11 is 0. The van der Waals surface area contributed by atoms with Crippen LogP contribution in [0.2, 0.25) is 0 Å². The Labute approximate surface area is 122 Å².